The van der Waals surface area contributed by atoms with Crippen LogP contribution in [0.5, 0.6) is 0 Å². The Kier molecular flexibility index (Phi) is 4.64. The molecular weight excluding hydrogens is 354 g/mol. The van der Waals surface area contributed by atoms with Crippen molar-refractivity contribution in [2.24, 2.45) is 0 Å². The molecule has 0 radical (unpaired) electrons. The number of H-pyrrole nitrogens is 2. The van der Waals surface area contributed by atoms with Gasteiger partial charge in [-0.15, -0.1) is 5.10 Å². The quantitative estimate of drug-likeness (QED) is 0.661. The molecule has 0 saturated carbocycles. The molecule has 0 spiro atoms. The molecule has 1 aromatic carbocycles. The molecule has 0 bridgehead atoms. The largest absolute Gasteiger partial charge is 0.376 e. The van der Waals surface area contributed by atoms with Crippen molar-refractivity contribution in [3.63, 3.8) is 0 Å². The number of aromatic nitrogens is 5. The lowest BCUT2D eigenvalue weighted by Gasteiger charge is -2.13. The highest BCUT2D eigenvalue weighted by Crippen LogP contribution is 2.31. The maximum Gasteiger partial charge on any atom is 0.344 e. The Bertz CT molecular complexity index is 1030. The zero-order valence-electron chi connectivity index (χ0n) is 14.3. The zero-order valence-corrected chi connectivity index (χ0v) is 15.1. The number of hydrogen-bond acceptors (Lipinski definition) is 6. The van der Waals surface area contributed by atoms with E-state index in [0.717, 1.165) is 19.4 Å². The molecule has 1 fully saturated rings. The molecule has 0 aliphatic carbocycles. The molecule has 1 saturated heterocycles. The van der Waals surface area contributed by atoms with Crippen LogP contribution in [0.15, 0.2) is 39.0 Å². The number of aromatic amines is 2. The van der Waals surface area contributed by atoms with E-state index >= 15 is 0 Å². The summed E-state index contributed by atoms with van der Waals surface area (Å²) in [4.78, 5) is 31.7. The van der Waals surface area contributed by atoms with Crippen LogP contribution in [0.4, 0.5) is 0 Å². The summed E-state index contributed by atoms with van der Waals surface area (Å²) in [5.41, 5.74) is 0.226. The standard InChI is InChI=1S/C17H19N5O3S/c1-10(14-18-13-7-3-2-6-12(13)15(23)19-14)26-17-21-20-16(24)22(17)9-11-5-4-8-25-11/h2-3,6-7,10-11H,4-5,8-9H2,1H3,(H,20,24)(H,18,19,23)/t10-,11+/m1/s1. The predicted octanol–water partition coefficient (Wildman–Crippen LogP) is 1.84. The Morgan fingerprint density at radius 2 is 2.23 bits per heavy atom. The first-order valence-corrected chi connectivity index (χ1v) is 9.42. The Morgan fingerprint density at radius 1 is 1.38 bits per heavy atom. The highest BCUT2D eigenvalue weighted by atomic mass is 32.2. The molecule has 1 aliphatic heterocycles. The lowest BCUT2D eigenvalue weighted by Crippen LogP contribution is -2.25. The van der Waals surface area contributed by atoms with Crippen molar-refractivity contribution in [3.8, 4) is 0 Å². The van der Waals surface area contributed by atoms with Gasteiger partial charge in [-0.3, -0.25) is 9.36 Å². The second-order valence-electron chi connectivity index (χ2n) is 6.29. The van der Waals surface area contributed by atoms with Crippen LogP contribution in [0.3, 0.4) is 0 Å². The molecule has 4 rings (SSSR count). The molecule has 136 valence electrons. The fourth-order valence-electron chi connectivity index (χ4n) is 3.06. The van der Waals surface area contributed by atoms with Gasteiger partial charge in [0.1, 0.15) is 5.82 Å². The average Bonchev–Trinajstić information content (AvgIpc) is 3.27. The van der Waals surface area contributed by atoms with E-state index in [1.165, 1.54) is 11.8 Å². The summed E-state index contributed by atoms with van der Waals surface area (Å²) in [6.07, 6.45) is 1.99. The van der Waals surface area contributed by atoms with Gasteiger partial charge in [0.2, 0.25) is 0 Å². The van der Waals surface area contributed by atoms with Crippen LogP contribution in [0.25, 0.3) is 10.9 Å². The van der Waals surface area contributed by atoms with Crippen molar-refractivity contribution in [3.05, 3.63) is 50.9 Å². The SMILES string of the molecule is C[C@@H](Sc1n[nH]c(=O)n1C[C@@H]1CCCO1)c1nc2ccccc2c(=O)[nH]1. The first-order valence-electron chi connectivity index (χ1n) is 8.54. The lowest BCUT2D eigenvalue weighted by molar-refractivity contribution is 0.0941. The van der Waals surface area contributed by atoms with E-state index in [1.54, 1.807) is 10.6 Å². The fourth-order valence-corrected chi connectivity index (χ4v) is 3.98. The van der Waals surface area contributed by atoms with E-state index in [-0.39, 0.29) is 22.6 Å². The number of benzene rings is 1. The molecule has 26 heavy (non-hydrogen) atoms. The van der Waals surface area contributed by atoms with Crippen molar-refractivity contribution in [1.29, 1.82) is 0 Å². The molecule has 9 heteroatoms. The number of nitrogens with one attached hydrogen (secondary N) is 2. The average molecular weight is 373 g/mol. The van der Waals surface area contributed by atoms with Gasteiger partial charge in [0, 0.05) is 6.61 Å². The second-order valence-corrected chi connectivity index (χ2v) is 7.59. The lowest BCUT2D eigenvalue weighted by atomic mass is 10.2. The van der Waals surface area contributed by atoms with Crippen LogP contribution in [0.2, 0.25) is 0 Å². The molecular formula is C17H19N5O3S. The first kappa shape index (κ1) is 17.0. The van der Waals surface area contributed by atoms with E-state index in [0.29, 0.717) is 28.4 Å². The van der Waals surface area contributed by atoms with Crippen LogP contribution in [-0.2, 0) is 11.3 Å². The van der Waals surface area contributed by atoms with Crippen LogP contribution in [0.1, 0.15) is 30.8 Å². The summed E-state index contributed by atoms with van der Waals surface area (Å²) in [6.45, 7) is 3.14. The third-order valence-electron chi connectivity index (χ3n) is 4.43. The summed E-state index contributed by atoms with van der Waals surface area (Å²) in [7, 11) is 0. The summed E-state index contributed by atoms with van der Waals surface area (Å²) >= 11 is 1.38. The number of fused-ring (bicyclic) bond motifs is 1. The molecule has 2 atom stereocenters. The molecule has 0 unspecified atom stereocenters. The van der Waals surface area contributed by atoms with E-state index in [2.05, 4.69) is 20.2 Å². The summed E-state index contributed by atoms with van der Waals surface area (Å²) in [6, 6.07) is 7.22. The Labute approximate surface area is 153 Å². The number of ether oxygens (including phenoxy) is 1. The Morgan fingerprint density at radius 3 is 3.04 bits per heavy atom. The molecule has 3 heterocycles. The second kappa shape index (κ2) is 7.08. The number of para-hydroxylation sites is 1. The summed E-state index contributed by atoms with van der Waals surface area (Å²) in [5, 5.41) is 7.57. The van der Waals surface area contributed by atoms with E-state index in [4.69, 9.17) is 4.74 Å². The number of nitrogens with zero attached hydrogens (tertiary/aromatic N) is 3. The van der Waals surface area contributed by atoms with Crippen molar-refractivity contribution in [2.75, 3.05) is 6.61 Å². The van der Waals surface area contributed by atoms with Gasteiger partial charge in [-0.2, -0.15) is 0 Å². The van der Waals surface area contributed by atoms with Gasteiger partial charge in [0.15, 0.2) is 5.16 Å². The first-order chi connectivity index (χ1) is 12.6. The topological polar surface area (TPSA) is 106 Å². The third-order valence-corrected chi connectivity index (χ3v) is 5.53. The Balaban J connectivity index is 1.59. The maximum atomic E-state index is 12.3. The van der Waals surface area contributed by atoms with Gasteiger partial charge < -0.3 is 9.72 Å². The normalized spacial score (nSPS) is 18.4. The van der Waals surface area contributed by atoms with Gasteiger partial charge in [-0.05, 0) is 31.9 Å². The fraction of sp³-hybridized carbons (Fsp3) is 0.412. The minimum absolute atomic E-state index is 0.0403. The number of hydrogen-bond donors (Lipinski definition) is 2. The summed E-state index contributed by atoms with van der Waals surface area (Å²) in [5.74, 6) is 0.554. The van der Waals surface area contributed by atoms with Crippen molar-refractivity contribution < 1.29 is 4.74 Å². The highest BCUT2D eigenvalue weighted by molar-refractivity contribution is 7.99. The van der Waals surface area contributed by atoms with Crippen LogP contribution < -0.4 is 11.2 Å². The van der Waals surface area contributed by atoms with Gasteiger partial charge in [0.25, 0.3) is 5.56 Å². The monoisotopic (exact) mass is 373 g/mol. The van der Waals surface area contributed by atoms with Gasteiger partial charge in [-0.1, -0.05) is 23.9 Å². The minimum atomic E-state index is -0.254. The maximum absolute atomic E-state index is 12.3. The zero-order chi connectivity index (χ0) is 18.1. The highest BCUT2D eigenvalue weighted by Gasteiger charge is 2.22. The molecule has 3 aromatic rings. The molecule has 2 aromatic heterocycles. The number of rotatable bonds is 5. The molecule has 8 nitrogen and oxygen atoms in total. The van der Waals surface area contributed by atoms with Crippen molar-refractivity contribution in [1.82, 2.24) is 24.7 Å². The molecule has 2 N–H and O–H groups in total. The van der Waals surface area contributed by atoms with Gasteiger partial charge >= 0.3 is 5.69 Å². The van der Waals surface area contributed by atoms with Crippen LogP contribution in [-0.4, -0.2) is 37.4 Å². The molecule has 1 aliphatic rings. The van der Waals surface area contributed by atoms with Gasteiger partial charge in [0.05, 0.1) is 28.8 Å². The van der Waals surface area contributed by atoms with Crippen LogP contribution >= 0.6 is 11.8 Å². The van der Waals surface area contributed by atoms with E-state index < -0.39 is 0 Å². The van der Waals surface area contributed by atoms with E-state index in [1.807, 2.05) is 25.1 Å². The van der Waals surface area contributed by atoms with Gasteiger partial charge in [-0.25, -0.2) is 14.9 Å². The third kappa shape index (κ3) is 3.32. The van der Waals surface area contributed by atoms with Crippen molar-refractivity contribution >= 4 is 22.7 Å². The predicted molar refractivity (Wildman–Crippen MR) is 98.5 cm³/mol. The summed E-state index contributed by atoms with van der Waals surface area (Å²) < 4.78 is 7.21. The van der Waals surface area contributed by atoms with Crippen LogP contribution in [0, 0.1) is 0 Å². The smallest absolute Gasteiger partial charge is 0.344 e. The van der Waals surface area contributed by atoms with Crippen molar-refractivity contribution in [2.45, 2.75) is 42.8 Å². The van der Waals surface area contributed by atoms with E-state index in [9.17, 15) is 9.59 Å². The number of thioether (sulfide) groups is 1. The Hall–Kier alpha value is -2.39. The minimum Gasteiger partial charge on any atom is -0.376 e. The molecule has 0 amide bonds.